The first-order valence-corrected chi connectivity index (χ1v) is 1.93. The molecule has 0 amide bonds. The molecule has 9 heavy (non-hydrogen) atoms. The Morgan fingerprint density at radius 1 is 1.56 bits per heavy atom. The molecule has 0 N–H and O–H groups in total. The van der Waals surface area contributed by atoms with E-state index in [0.29, 0.717) is 6.26 Å². The van der Waals surface area contributed by atoms with Crippen LogP contribution in [0.1, 0.15) is 6.42 Å². The van der Waals surface area contributed by atoms with Crippen LogP contribution in [0.25, 0.3) is 0 Å². The quantitative estimate of drug-likeness (QED) is 0.212. The van der Waals surface area contributed by atoms with Gasteiger partial charge >= 0.3 is 29.6 Å². The number of hydrogen-bond donors (Lipinski definition) is 0. The molecule has 0 saturated heterocycles. The van der Waals surface area contributed by atoms with Crippen molar-refractivity contribution in [2.24, 2.45) is 0 Å². The second-order valence-corrected chi connectivity index (χ2v) is 1.09. The molecule has 3 nitrogen and oxygen atoms in total. The molecule has 0 heterocycles. The predicted octanol–water partition coefficient (Wildman–Crippen LogP) is -3.33. The van der Waals surface area contributed by atoms with Gasteiger partial charge in [0.15, 0.2) is 0 Å². The summed E-state index contributed by atoms with van der Waals surface area (Å²) in [5, 5.41) is 25.6. The second kappa shape index (κ2) is 7.52. The van der Waals surface area contributed by atoms with Crippen molar-refractivity contribution in [3.63, 3.8) is 0 Å². The van der Waals surface area contributed by atoms with Crippen LogP contribution in [0.5, 0.6) is 0 Å². The third-order valence-electron chi connectivity index (χ3n) is 0.555. The maximum Gasteiger partial charge on any atom is 1.00 e. The predicted molar refractivity (Wildman–Crippen MR) is 23.9 cm³/mol. The van der Waals surface area contributed by atoms with E-state index < -0.39 is 0 Å². The summed E-state index contributed by atoms with van der Waals surface area (Å²) < 4.78 is 0. The van der Waals surface area contributed by atoms with E-state index in [0.717, 1.165) is 0 Å². The van der Waals surface area contributed by atoms with Gasteiger partial charge in [-0.1, -0.05) is 0 Å². The molecule has 0 bridgehead atoms. The molecule has 0 aliphatic rings. The summed E-state index contributed by atoms with van der Waals surface area (Å²) in [4.78, 5) is 0. The van der Waals surface area contributed by atoms with Gasteiger partial charge < -0.3 is 5.11 Å². The van der Waals surface area contributed by atoms with Crippen LogP contribution in [-0.4, -0.2) is 0 Å². The molecule has 0 rings (SSSR count). The summed E-state index contributed by atoms with van der Waals surface area (Å²) in [6.45, 7) is 0. The summed E-state index contributed by atoms with van der Waals surface area (Å²) in [7, 11) is 0. The molecule has 0 atom stereocenters. The molecule has 0 fully saturated rings. The van der Waals surface area contributed by atoms with Gasteiger partial charge in [0.25, 0.3) is 0 Å². The first-order chi connectivity index (χ1) is 3.85. The van der Waals surface area contributed by atoms with Crippen LogP contribution in [0.4, 0.5) is 0 Å². The molecule has 0 unspecified atom stereocenters. The van der Waals surface area contributed by atoms with E-state index in [4.69, 9.17) is 10.5 Å². The maximum absolute atomic E-state index is 9.72. The van der Waals surface area contributed by atoms with Crippen LogP contribution < -0.4 is 34.7 Å². The number of nitrogens with zero attached hydrogens (tertiary/aromatic N) is 2. The fourth-order valence-corrected chi connectivity index (χ4v) is 0.193. The standard InChI is InChI=1S/C5H4N2O.Na/c6-2-1-5(3-7)4-8;/h4,8H,1H2;/q;+1/p-1/b5-4+;. The number of nitriles is 2. The molecule has 0 saturated carbocycles. The zero-order chi connectivity index (χ0) is 6.41. The van der Waals surface area contributed by atoms with Crippen molar-refractivity contribution in [1.29, 1.82) is 10.5 Å². The van der Waals surface area contributed by atoms with Crippen LogP contribution in [-0.2, 0) is 0 Å². The van der Waals surface area contributed by atoms with E-state index in [1.54, 1.807) is 12.1 Å². The van der Waals surface area contributed by atoms with Crippen LogP contribution >= 0.6 is 0 Å². The van der Waals surface area contributed by atoms with Crippen molar-refractivity contribution in [2.45, 2.75) is 6.42 Å². The zero-order valence-electron chi connectivity index (χ0n) is 5.09. The van der Waals surface area contributed by atoms with Crippen LogP contribution in [0.3, 0.4) is 0 Å². The van der Waals surface area contributed by atoms with Crippen LogP contribution in [0, 0.1) is 22.7 Å². The summed E-state index contributed by atoms with van der Waals surface area (Å²) in [6, 6.07) is 3.26. The monoisotopic (exact) mass is 130 g/mol. The molecule has 0 spiro atoms. The fraction of sp³-hybridized carbons (Fsp3) is 0.200. The Bertz CT molecular complexity index is 174. The zero-order valence-corrected chi connectivity index (χ0v) is 7.09. The maximum atomic E-state index is 9.72. The van der Waals surface area contributed by atoms with Gasteiger partial charge in [0, 0.05) is 5.57 Å². The Labute approximate surface area is 75.5 Å². The van der Waals surface area contributed by atoms with E-state index in [1.165, 1.54) is 0 Å². The Hall–Kier alpha value is -0.480. The normalized spacial score (nSPS) is 8.44. The molecule has 40 valence electrons. The number of allylic oxidation sites excluding steroid dienone is 1. The number of hydrogen-bond acceptors (Lipinski definition) is 3. The molecule has 0 aliphatic heterocycles. The molecule has 0 aromatic rings. The SMILES string of the molecule is N#CC/C(C#N)=C\[O-].[Na+]. The molecule has 0 radical (unpaired) electrons. The van der Waals surface area contributed by atoms with Crippen molar-refractivity contribution in [1.82, 2.24) is 0 Å². The Morgan fingerprint density at radius 2 is 2.11 bits per heavy atom. The van der Waals surface area contributed by atoms with Gasteiger partial charge in [0.2, 0.25) is 0 Å². The first kappa shape index (κ1) is 11.3. The average molecular weight is 130 g/mol. The van der Waals surface area contributed by atoms with Crippen molar-refractivity contribution in [2.75, 3.05) is 0 Å². The van der Waals surface area contributed by atoms with Gasteiger partial charge in [-0.2, -0.15) is 10.5 Å². The largest absolute Gasteiger partial charge is 1.00 e. The second-order valence-electron chi connectivity index (χ2n) is 1.09. The average Bonchev–Trinajstić information content (AvgIpc) is 1.83. The van der Waals surface area contributed by atoms with E-state index in [9.17, 15) is 5.11 Å². The van der Waals surface area contributed by atoms with Gasteiger partial charge in [-0.3, -0.25) is 0 Å². The number of rotatable bonds is 1. The van der Waals surface area contributed by atoms with Crippen LogP contribution in [0.15, 0.2) is 11.8 Å². The van der Waals surface area contributed by atoms with Gasteiger partial charge in [0.1, 0.15) is 0 Å². The summed E-state index contributed by atoms with van der Waals surface area (Å²) in [5.41, 5.74) is -0.0208. The molecule has 4 heteroatoms. The molecular weight excluding hydrogens is 127 g/mol. The first-order valence-electron chi connectivity index (χ1n) is 1.93. The van der Waals surface area contributed by atoms with Crippen molar-refractivity contribution in [3.05, 3.63) is 11.8 Å². The Morgan fingerprint density at radius 3 is 2.22 bits per heavy atom. The molecule has 0 aromatic carbocycles. The Balaban J connectivity index is 0. The van der Waals surface area contributed by atoms with E-state index in [2.05, 4.69) is 0 Å². The third-order valence-corrected chi connectivity index (χ3v) is 0.555. The van der Waals surface area contributed by atoms with Crippen molar-refractivity contribution in [3.8, 4) is 12.1 Å². The van der Waals surface area contributed by atoms with E-state index in [1.807, 2.05) is 0 Å². The van der Waals surface area contributed by atoms with Gasteiger partial charge in [-0.15, -0.1) is 6.26 Å². The third kappa shape index (κ3) is 5.39. The molecule has 0 aromatic heterocycles. The van der Waals surface area contributed by atoms with Gasteiger partial charge in [-0.05, 0) is 0 Å². The summed E-state index contributed by atoms with van der Waals surface area (Å²) in [5.74, 6) is 0. The minimum absolute atomic E-state index is 0. The van der Waals surface area contributed by atoms with Gasteiger partial charge in [-0.25, -0.2) is 0 Å². The van der Waals surface area contributed by atoms with E-state index >= 15 is 0 Å². The topological polar surface area (TPSA) is 70.6 Å². The fourth-order valence-electron chi connectivity index (χ4n) is 0.193. The van der Waals surface area contributed by atoms with Crippen molar-refractivity contribution >= 4 is 0 Å². The minimum Gasteiger partial charge on any atom is -0.877 e. The minimum atomic E-state index is -0.0833. The Kier molecular flexibility index (Phi) is 9.47. The smallest absolute Gasteiger partial charge is 0.877 e. The molecular formula is C5H3N2NaO. The van der Waals surface area contributed by atoms with Crippen molar-refractivity contribution < 1.29 is 34.7 Å². The summed E-state index contributed by atoms with van der Waals surface area (Å²) >= 11 is 0. The van der Waals surface area contributed by atoms with E-state index in [-0.39, 0.29) is 41.6 Å². The van der Waals surface area contributed by atoms with Gasteiger partial charge in [0.05, 0.1) is 18.6 Å². The molecule has 0 aliphatic carbocycles. The summed E-state index contributed by atoms with van der Waals surface area (Å²) in [6.07, 6.45) is 0.309. The van der Waals surface area contributed by atoms with Crippen LogP contribution in [0.2, 0.25) is 0 Å².